The van der Waals surface area contributed by atoms with Crippen LogP contribution >= 0.6 is 0 Å². The van der Waals surface area contributed by atoms with Crippen molar-refractivity contribution in [1.82, 2.24) is 0 Å². The highest BCUT2D eigenvalue weighted by Gasteiger charge is 2.13. The van der Waals surface area contributed by atoms with Crippen molar-refractivity contribution in [2.45, 2.75) is 38.2 Å². The van der Waals surface area contributed by atoms with Gasteiger partial charge in [0, 0.05) is 31.3 Å². The van der Waals surface area contributed by atoms with E-state index in [1.165, 1.54) is 12.8 Å². The van der Waals surface area contributed by atoms with E-state index in [4.69, 9.17) is 19.9 Å². The zero-order chi connectivity index (χ0) is 15.9. The van der Waals surface area contributed by atoms with Crippen LogP contribution in [-0.2, 0) is 4.74 Å². The van der Waals surface area contributed by atoms with Crippen molar-refractivity contribution in [3.63, 3.8) is 0 Å². The summed E-state index contributed by atoms with van der Waals surface area (Å²) in [6.07, 6.45) is 5.70. The Labute approximate surface area is 137 Å². The molecule has 0 amide bonds. The molecule has 0 saturated carbocycles. The Hall–Kier alpha value is -1.95. The Morgan fingerprint density at radius 2 is 2.00 bits per heavy atom. The van der Waals surface area contributed by atoms with Crippen molar-refractivity contribution >= 4 is 11.6 Å². The molecule has 2 heterocycles. The lowest BCUT2D eigenvalue weighted by atomic mass is 10.1. The number of fused-ring (bicyclic) bond motifs is 1. The first-order chi connectivity index (χ1) is 11.3. The average Bonchev–Trinajstić information content (AvgIpc) is 2.81. The van der Waals surface area contributed by atoms with Crippen molar-refractivity contribution in [3.05, 3.63) is 18.2 Å². The second kappa shape index (κ2) is 8.06. The number of ether oxygens (including phenoxy) is 3. The van der Waals surface area contributed by atoms with Gasteiger partial charge in [-0.15, -0.1) is 0 Å². The molecule has 1 atom stereocenters. The largest absolute Gasteiger partial charge is 0.490 e. The number of nitrogens with one attached hydrogen (secondary N) is 1. The molecule has 0 aromatic heterocycles. The van der Waals surface area contributed by atoms with Crippen LogP contribution in [0.5, 0.6) is 11.5 Å². The molecule has 6 heteroatoms. The van der Waals surface area contributed by atoms with E-state index >= 15 is 0 Å². The van der Waals surface area contributed by atoms with Gasteiger partial charge in [-0.2, -0.15) is 0 Å². The number of hydrogen-bond acceptors (Lipinski definition) is 4. The van der Waals surface area contributed by atoms with Crippen molar-refractivity contribution < 1.29 is 14.2 Å². The Morgan fingerprint density at radius 1 is 1.13 bits per heavy atom. The van der Waals surface area contributed by atoms with Gasteiger partial charge in [0.25, 0.3) is 0 Å². The Bertz CT molecular complexity index is 542. The van der Waals surface area contributed by atoms with Crippen LogP contribution in [0.4, 0.5) is 5.69 Å². The van der Waals surface area contributed by atoms with Crippen molar-refractivity contribution in [3.8, 4) is 11.5 Å². The third-order valence-electron chi connectivity index (χ3n) is 4.03. The molecule has 0 spiro atoms. The normalized spacial score (nSPS) is 21.6. The van der Waals surface area contributed by atoms with Gasteiger partial charge in [0.05, 0.1) is 19.3 Å². The molecule has 2 aliphatic heterocycles. The zero-order valence-corrected chi connectivity index (χ0v) is 13.4. The summed E-state index contributed by atoms with van der Waals surface area (Å²) < 4.78 is 17.0. The van der Waals surface area contributed by atoms with E-state index in [0.29, 0.717) is 31.8 Å². The quantitative estimate of drug-likeness (QED) is 0.658. The minimum atomic E-state index is 0.332. The fraction of sp³-hybridized carbons (Fsp3) is 0.588. The first kappa shape index (κ1) is 15.9. The zero-order valence-electron chi connectivity index (χ0n) is 13.4. The van der Waals surface area contributed by atoms with E-state index in [9.17, 15) is 0 Å². The molecule has 1 aromatic carbocycles. The summed E-state index contributed by atoms with van der Waals surface area (Å²) in [5.74, 6) is 1.93. The van der Waals surface area contributed by atoms with Gasteiger partial charge >= 0.3 is 0 Å². The van der Waals surface area contributed by atoms with E-state index in [0.717, 1.165) is 43.1 Å². The van der Waals surface area contributed by atoms with E-state index < -0.39 is 0 Å². The summed E-state index contributed by atoms with van der Waals surface area (Å²) in [4.78, 5) is 4.38. The molecule has 1 saturated heterocycles. The van der Waals surface area contributed by atoms with Crippen LogP contribution in [0.2, 0.25) is 0 Å². The maximum absolute atomic E-state index is 5.95. The molecule has 3 rings (SSSR count). The van der Waals surface area contributed by atoms with Crippen LogP contribution in [0.3, 0.4) is 0 Å². The number of benzene rings is 1. The number of aliphatic imine (C=N–C) groups is 1. The number of nitrogens with two attached hydrogens (primary N) is 1. The maximum Gasteiger partial charge on any atom is 0.193 e. The van der Waals surface area contributed by atoms with Crippen molar-refractivity contribution in [2.75, 3.05) is 31.7 Å². The number of nitrogens with zero attached hydrogens (tertiary/aromatic N) is 1. The summed E-state index contributed by atoms with van der Waals surface area (Å²) in [5.41, 5.74) is 6.81. The van der Waals surface area contributed by atoms with Gasteiger partial charge in [0.2, 0.25) is 0 Å². The van der Waals surface area contributed by atoms with Crippen LogP contribution in [0, 0.1) is 0 Å². The fourth-order valence-electron chi connectivity index (χ4n) is 2.79. The van der Waals surface area contributed by atoms with E-state index in [-0.39, 0.29) is 0 Å². The topological polar surface area (TPSA) is 78.1 Å². The Kier molecular flexibility index (Phi) is 5.58. The molecule has 1 aromatic rings. The highest BCUT2D eigenvalue weighted by Crippen LogP contribution is 2.32. The van der Waals surface area contributed by atoms with Crippen molar-refractivity contribution in [2.24, 2.45) is 10.7 Å². The molecule has 2 aliphatic rings. The minimum absolute atomic E-state index is 0.332. The number of rotatable bonds is 4. The Morgan fingerprint density at radius 3 is 2.83 bits per heavy atom. The first-order valence-electron chi connectivity index (χ1n) is 8.39. The van der Waals surface area contributed by atoms with Gasteiger partial charge in [-0.3, -0.25) is 4.99 Å². The van der Waals surface area contributed by atoms with Crippen molar-refractivity contribution in [1.29, 1.82) is 0 Å². The minimum Gasteiger partial charge on any atom is -0.490 e. The van der Waals surface area contributed by atoms with Gasteiger partial charge < -0.3 is 25.3 Å². The van der Waals surface area contributed by atoms with Crippen LogP contribution in [0.15, 0.2) is 23.2 Å². The van der Waals surface area contributed by atoms with Crippen LogP contribution in [0.1, 0.15) is 32.1 Å². The standard InChI is InChI=1S/C17H25N3O3/c18-17(19-8-7-14-4-1-2-9-21-14)20-13-5-6-15-16(12-13)23-11-3-10-22-15/h5-6,12,14H,1-4,7-11H2,(H3,18,19,20). The number of hydrogen-bond donors (Lipinski definition) is 2. The third kappa shape index (κ3) is 4.76. The van der Waals surface area contributed by atoms with E-state index in [2.05, 4.69) is 10.3 Å². The molecule has 23 heavy (non-hydrogen) atoms. The summed E-state index contributed by atoms with van der Waals surface area (Å²) in [6.45, 7) is 2.90. The SMILES string of the molecule is NC(=NCCC1CCCCO1)Nc1ccc2c(c1)OCCCO2. The monoisotopic (exact) mass is 319 g/mol. The molecule has 1 fully saturated rings. The average molecular weight is 319 g/mol. The summed E-state index contributed by atoms with van der Waals surface area (Å²) in [7, 11) is 0. The predicted molar refractivity (Wildman–Crippen MR) is 90.4 cm³/mol. The second-order valence-electron chi connectivity index (χ2n) is 5.88. The summed E-state index contributed by atoms with van der Waals surface area (Å²) in [6, 6.07) is 5.71. The van der Waals surface area contributed by atoms with Crippen LogP contribution < -0.4 is 20.5 Å². The maximum atomic E-state index is 5.95. The smallest absolute Gasteiger partial charge is 0.193 e. The predicted octanol–water partition coefficient (Wildman–Crippen LogP) is 2.53. The highest BCUT2D eigenvalue weighted by molar-refractivity contribution is 5.92. The molecule has 0 radical (unpaired) electrons. The fourth-order valence-corrected chi connectivity index (χ4v) is 2.79. The highest BCUT2D eigenvalue weighted by atomic mass is 16.5. The van der Waals surface area contributed by atoms with E-state index in [1.807, 2.05) is 18.2 Å². The molecule has 6 nitrogen and oxygen atoms in total. The van der Waals surface area contributed by atoms with Gasteiger partial charge in [-0.1, -0.05) is 0 Å². The number of anilines is 1. The van der Waals surface area contributed by atoms with Gasteiger partial charge in [-0.05, 0) is 37.8 Å². The first-order valence-corrected chi connectivity index (χ1v) is 8.39. The van der Waals surface area contributed by atoms with Gasteiger partial charge in [0.15, 0.2) is 17.5 Å². The molecule has 3 N–H and O–H groups in total. The molecular weight excluding hydrogens is 294 g/mol. The lowest BCUT2D eigenvalue weighted by Gasteiger charge is -2.21. The lowest BCUT2D eigenvalue weighted by Crippen LogP contribution is -2.24. The molecule has 0 bridgehead atoms. The third-order valence-corrected chi connectivity index (χ3v) is 4.03. The summed E-state index contributed by atoms with van der Waals surface area (Å²) >= 11 is 0. The summed E-state index contributed by atoms with van der Waals surface area (Å²) in [5, 5.41) is 3.10. The Balaban J connectivity index is 1.51. The van der Waals surface area contributed by atoms with Crippen LogP contribution in [0.25, 0.3) is 0 Å². The second-order valence-corrected chi connectivity index (χ2v) is 5.88. The lowest BCUT2D eigenvalue weighted by molar-refractivity contribution is 0.0129. The van der Waals surface area contributed by atoms with Gasteiger partial charge in [-0.25, -0.2) is 0 Å². The molecule has 0 aliphatic carbocycles. The molecular formula is C17H25N3O3. The molecule has 1 unspecified atom stereocenters. The van der Waals surface area contributed by atoms with Gasteiger partial charge in [0.1, 0.15) is 0 Å². The molecule has 126 valence electrons. The van der Waals surface area contributed by atoms with E-state index in [1.54, 1.807) is 0 Å². The van der Waals surface area contributed by atoms with Crippen LogP contribution in [-0.4, -0.2) is 38.4 Å². The number of guanidine groups is 1.